The van der Waals surface area contributed by atoms with Gasteiger partial charge in [-0.1, -0.05) is 23.9 Å². The number of rotatable bonds is 3. The van der Waals surface area contributed by atoms with Gasteiger partial charge in [-0.05, 0) is 26.0 Å². The first kappa shape index (κ1) is 15.2. The number of nitrogens with one attached hydrogen (secondary N) is 2. The average molecular weight is 304 g/mol. The molecule has 0 bridgehead atoms. The van der Waals surface area contributed by atoms with Gasteiger partial charge in [0.2, 0.25) is 5.91 Å². The molecule has 0 radical (unpaired) electrons. The summed E-state index contributed by atoms with van der Waals surface area (Å²) in [5.74, 6) is -0.367. The summed E-state index contributed by atoms with van der Waals surface area (Å²) in [5.41, 5.74) is 2.37. The van der Waals surface area contributed by atoms with Crippen molar-refractivity contribution >= 4 is 34.7 Å². The smallest absolute Gasteiger partial charge is 0.321 e. The molecule has 1 aromatic carbocycles. The maximum Gasteiger partial charge on any atom is 0.321 e. The second-order valence-corrected chi connectivity index (χ2v) is 5.76. The number of thioether (sulfide) groups is 1. The predicted molar refractivity (Wildman–Crippen MR) is 82.2 cm³/mol. The van der Waals surface area contributed by atoms with Gasteiger partial charge in [0, 0.05) is 7.05 Å². The molecule has 0 saturated carbocycles. The Labute approximate surface area is 126 Å². The zero-order valence-electron chi connectivity index (χ0n) is 12.0. The molecule has 3 amide bonds. The maximum atomic E-state index is 11.9. The van der Waals surface area contributed by atoms with Crippen LogP contribution in [0.1, 0.15) is 12.6 Å². The van der Waals surface area contributed by atoms with Crippen molar-refractivity contribution in [2.75, 3.05) is 7.05 Å². The van der Waals surface area contributed by atoms with Crippen LogP contribution in [0.2, 0.25) is 0 Å². The summed E-state index contributed by atoms with van der Waals surface area (Å²) in [6, 6.07) is 7.05. The van der Waals surface area contributed by atoms with Crippen LogP contribution in [0.5, 0.6) is 0 Å². The Morgan fingerprint density at radius 2 is 1.81 bits per heavy atom. The number of amides is 3. The van der Waals surface area contributed by atoms with Crippen molar-refractivity contribution in [2.24, 2.45) is 0 Å². The Balaban J connectivity index is 2.17. The van der Waals surface area contributed by atoms with Gasteiger partial charge in [0.15, 0.2) is 0 Å². The van der Waals surface area contributed by atoms with Gasteiger partial charge in [0.25, 0.3) is 0 Å². The van der Waals surface area contributed by atoms with E-state index in [-0.39, 0.29) is 5.91 Å². The summed E-state index contributed by atoms with van der Waals surface area (Å²) in [5, 5.41) is 4.83. The van der Waals surface area contributed by atoms with Crippen LogP contribution in [0.15, 0.2) is 29.3 Å². The third kappa shape index (κ3) is 3.69. The lowest BCUT2D eigenvalue weighted by Crippen LogP contribution is -2.41. The van der Waals surface area contributed by atoms with Gasteiger partial charge < -0.3 is 5.32 Å². The monoisotopic (exact) mass is 304 g/mol. The highest BCUT2D eigenvalue weighted by molar-refractivity contribution is 8.00. The summed E-state index contributed by atoms with van der Waals surface area (Å²) in [6.07, 6.45) is 0. The molecule has 0 fully saturated rings. The molecule has 1 heterocycles. The van der Waals surface area contributed by atoms with Gasteiger partial charge in [-0.15, -0.1) is 0 Å². The Hall–Kier alpha value is -2.15. The van der Waals surface area contributed by atoms with Crippen molar-refractivity contribution in [2.45, 2.75) is 24.1 Å². The van der Waals surface area contributed by atoms with E-state index >= 15 is 0 Å². The Bertz CT molecular complexity index is 690. The van der Waals surface area contributed by atoms with E-state index in [1.807, 2.05) is 31.2 Å². The number of hydrogen-bond donors (Lipinski definition) is 2. The third-order valence-corrected chi connectivity index (χ3v) is 4.00. The molecule has 6 nitrogen and oxygen atoms in total. The SMILES string of the molecule is CNC(=O)NC(=O)C(C)Sc1nc2ccccc2nc1C. The van der Waals surface area contributed by atoms with Gasteiger partial charge in [-0.25, -0.2) is 14.8 Å². The fourth-order valence-electron chi connectivity index (χ4n) is 1.68. The van der Waals surface area contributed by atoms with Crippen LogP contribution in [0.3, 0.4) is 0 Å². The average Bonchev–Trinajstić information content (AvgIpc) is 2.47. The summed E-state index contributed by atoms with van der Waals surface area (Å²) >= 11 is 1.28. The highest BCUT2D eigenvalue weighted by Gasteiger charge is 2.18. The molecule has 2 N–H and O–H groups in total. The molecule has 21 heavy (non-hydrogen) atoms. The quantitative estimate of drug-likeness (QED) is 0.846. The molecule has 1 unspecified atom stereocenters. The Kier molecular flexibility index (Phi) is 4.74. The first-order valence-corrected chi connectivity index (χ1v) is 7.32. The van der Waals surface area contributed by atoms with E-state index in [4.69, 9.17) is 0 Å². The largest absolute Gasteiger partial charge is 0.341 e. The fraction of sp³-hybridized carbons (Fsp3) is 0.286. The number of carbonyl (C=O) groups is 2. The van der Waals surface area contributed by atoms with Crippen LogP contribution in [-0.4, -0.2) is 34.2 Å². The number of nitrogens with zero attached hydrogens (tertiary/aromatic N) is 2. The number of para-hydroxylation sites is 2. The minimum atomic E-state index is -0.520. The number of fused-ring (bicyclic) bond motifs is 1. The standard InChI is InChI=1S/C14H16N4O2S/c1-8-13(17-11-7-5-4-6-10(11)16-8)21-9(2)12(19)18-14(20)15-3/h4-7,9H,1-3H3,(H2,15,18,19,20). The zero-order valence-corrected chi connectivity index (χ0v) is 12.8. The van der Waals surface area contributed by atoms with E-state index in [9.17, 15) is 9.59 Å². The lowest BCUT2D eigenvalue weighted by molar-refractivity contribution is -0.119. The molecule has 2 aromatic rings. The van der Waals surface area contributed by atoms with Crippen LogP contribution in [-0.2, 0) is 4.79 Å². The molecule has 0 spiro atoms. The van der Waals surface area contributed by atoms with E-state index in [0.29, 0.717) is 5.03 Å². The first-order chi connectivity index (χ1) is 10.0. The van der Waals surface area contributed by atoms with E-state index in [1.165, 1.54) is 18.8 Å². The van der Waals surface area contributed by atoms with Crippen LogP contribution >= 0.6 is 11.8 Å². The molecule has 110 valence electrons. The normalized spacial score (nSPS) is 12.0. The van der Waals surface area contributed by atoms with Crippen molar-refractivity contribution in [3.8, 4) is 0 Å². The van der Waals surface area contributed by atoms with Crippen molar-refractivity contribution in [1.29, 1.82) is 0 Å². The lowest BCUT2D eigenvalue weighted by atomic mass is 10.3. The van der Waals surface area contributed by atoms with E-state index in [1.54, 1.807) is 6.92 Å². The molecule has 1 aromatic heterocycles. The lowest BCUT2D eigenvalue weighted by Gasteiger charge is -2.12. The van der Waals surface area contributed by atoms with Crippen molar-refractivity contribution < 1.29 is 9.59 Å². The molecule has 0 saturated heterocycles. The van der Waals surface area contributed by atoms with Crippen LogP contribution in [0, 0.1) is 6.92 Å². The molecule has 0 aliphatic carbocycles. The van der Waals surface area contributed by atoms with E-state index < -0.39 is 11.3 Å². The van der Waals surface area contributed by atoms with Crippen molar-refractivity contribution in [1.82, 2.24) is 20.6 Å². The number of aromatic nitrogens is 2. The van der Waals surface area contributed by atoms with Gasteiger partial charge in [0.1, 0.15) is 5.03 Å². The predicted octanol–water partition coefficient (Wildman–Crippen LogP) is 1.87. The molecular formula is C14H16N4O2S. The molecule has 1 atom stereocenters. The molecular weight excluding hydrogens is 288 g/mol. The second-order valence-electron chi connectivity index (χ2n) is 4.43. The second kappa shape index (κ2) is 6.53. The molecule has 0 aliphatic rings. The maximum absolute atomic E-state index is 11.9. The fourth-order valence-corrected chi connectivity index (χ4v) is 2.55. The number of aryl methyl sites for hydroxylation is 1. The van der Waals surface area contributed by atoms with E-state index in [0.717, 1.165) is 16.7 Å². The summed E-state index contributed by atoms with van der Waals surface area (Å²) in [6.45, 7) is 3.57. The van der Waals surface area contributed by atoms with E-state index in [2.05, 4.69) is 20.6 Å². The molecule has 2 rings (SSSR count). The van der Waals surface area contributed by atoms with Gasteiger partial charge in [-0.3, -0.25) is 10.1 Å². The third-order valence-electron chi connectivity index (χ3n) is 2.82. The minimum Gasteiger partial charge on any atom is -0.341 e. The van der Waals surface area contributed by atoms with Gasteiger partial charge in [-0.2, -0.15) is 0 Å². The number of hydrogen-bond acceptors (Lipinski definition) is 5. The number of carbonyl (C=O) groups excluding carboxylic acids is 2. The molecule has 7 heteroatoms. The molecule has 0 aliphatic heterocycles. The van der Waals surface area contributed by atoms with Crippen LogP contribution < -0.4 is 10.6 Å². The highest BCUT2D eigenvalue weighted by Crippen LogP contribution is 2.25. The van der Waals surface area contributed by atoms with Crippen LogP contribution in [0.25, 0.3) is 11.0 Å². The van der Waals surface area contributed by atoms with Crippen LogP contribution in [0.4, 0.5) is 4.79 Å². The number of imide groups is 1. The number of benzene rings is 1. The zero-order chi connectivity index (χ0) is 15.4. The number of urea groups is 1. The van der Waals surface area contributed by atoms with Crippen molar-refractivity contribution in [3.05, 3.63) is 30.0 Å². The minimum absolute atomic E-state index is 0.367. The summed E-state index contributed by atoms with van der Waals surface area (Å²) in [4.78, 5) is 32.0. The first-order valence-electron chi connectivity index (χ1n) is 6.44. The summed E-state index contributed by atoms with van der Waals surface area (Å²) < 4.78 is 0. The van der Waals surface area contributed by atoms with Gasteiger partial charge >= 0.3 is 6.03 Å². The Morgan fingerprint density at radius 3 is 2.43 bits per heavy atom. The van der Waals surface area contributed by atoms with Gasteiger partial charge in [0.05, 0.1) is 22.0 Å². The Morgan fingerprint density at radius 1 is 1.19 bits per heavy atom. The topological polar surface area (TPSA) is 84.0 Å². The summed E-state index contributed by atoms with van der Waals surface area (Å²) in [7, 11) is 1.46. The highest BCUT2D eigenvalue weighted by atomic mass is 32.2. The van der Waals surface area contributed by atoms with Crippen molar-refractivity contribution in [3.63, 3.8) is 0 Å².